The SMILES string of the molecule is Cn1c(=O)c2c(nc3n2CCCN3CC(=O)C(C)(C)C)n(C)c1=O. The van der Waals surface area contributed by atoms with E-state index < -0.39 is 11.1 Å². The second-order valence-corrected chi connectivity index (χ2v) is 7.39. The molecule has 3 heterocycles. The predicted molar refractivity (Wildman–Crippen MR) is 91.5 cm³/mol. The van der Waals surface area contributed by atoms with E-state index in [-0.39, 0.29) is 17.9 Å². The highest BCUT2D eigenvalue weighted by Crippen LogP contribution is 2.25. The summed E-state index contributed by atoms with van der Waals surface area (Å²) in [5.41, 5.74) is -0.399. The van der Waals surface area contributed by atoms with Gasteiger partial charge in [0.15, 0.2) is 16.9 Å². The third-order valence-electron chi connectivity index (χ3n) is 4.59. The molecular formula is C16H23N5O3. The monoisotopic (exact) mass is 333 g/mol. The zero-order valence-corrected chi connectivity index (χ0v) is 14.8. The van der Waals surface area contributed by atoms with Gasteiger partial charge < -0.3 is 9.47 Å². The fourth-order valence-electron chi connectivity index (χ4n) is 2.97. The maximum Gasteiger partial charge on any atom is 0.332 e. The molecule has 0 aliphatic carbocycles. The molecule has 0 spiro atoms. The molecule has 0 N–H and O–H groups in total. The van der Waals surface area contributed by atoms with Gasteiger partial charge in [0, 0.05) is 32.6 Å². The molecule has 0 bridgehead atoms. The summed E-state index contributed by atoms with van der Waals surface area (Å²) in [4.78, 5) is 43.5. The zero-order valence-electron chi connectivity index (χ0n) is 14.8. The van der Waals surface area contributed by atoms with Gasteiger partial charge in [-0.15, -0.1) is 0 Å². The number of aromatic nitrogens is 4. The molecule has 2 aromatic rings. The minimum absolute atomic E-state index is 0.116. The van der Waals surface area contributed by atoms with Crippen LogP contribution >= 0.6 is 0 Å². The molecule has 0 aromatic carbocycles. The molecule has 130 valence electrons. The van der Waals surface area contributed by atoms with Gasteiger partial charge in [0.05, 0.1) is 6.54 Å². The van der Waals surface area contributed by atoms with Gasteiger partial charge >= 0.3 is 5.69 Å². The molecule has 0 saturated heterocycles. The molecule has 8 heteroatoms. The smallest absolute Gasteiger partial charge is 0.332 e. The number of imidazole rings is 1. The van der Waals surface area contributed by atoms with Crippen LogP contribution in [-0.2, 0) is 25.4 Å². The molecule has 0 radical (unpaired) electrons. The number of rotatable bonds is 2. The lowest BCUT2D eigenvalue weighted by Crippen LogP contribution is -2.41. The molecule has 0 unspecified atom stereocenters. The topological polar surface area (TPSA) is 82.1 Å². The minimum atomic E-state index is -0.433. The molecule has 0 atom stereocenters. The molecule has 0 saturated carbocycles. The molecule has 0 amide bonds. The number of anilines is 1. The maximum atomic E-state index is 12.5. The van der Waals surface area contributed by atoms with Crippen LogP contribution in [0.1, 0.15) is 27.2 Å². The summed E-state index contributed by atoms with van der Waals surface area (Å²) in [5.74, 6) is 0.706. The normalized spacial score (nSPS) is 15.0. The van der Waals surface area contributed by atoms with Crippen molar-refractivity contribution in [2.24, 2.45) is 19.5 Å². The van der Waals surface area contributed by atoms with Crippen LogP contribution in [0.5, 0.6) is 0 Å². The lowest BCUT2D eigenvalue weighted by atomic mass is 9.90. The standard InChI is InChI=1S/C16H23N5O3/c1-16(2,3)10(22)9-20-7-6-8-21-11-12(17-14(20)21)18(4)15(24)19(5)13(11)23/h6-9H2,1-5H3. The van der Waals surface area contributed by atoms with Crippen molar-refractivity contribution in [3.05, 3.63) is 20.8 Å². The highest BCUT2D eigenvalue weighted by Gasteiger charge is 2.29. The molecule has 1 aliphatic rings. The van der Waals surface area contributed by atoms with Crippen molar-refractivity contribution in [1.29, 1.82) is 0 Å². The predicted octanol–water partition coefficient (Wildman–Crippen LogP) is 0.259. The van der Waals surface area contributed by atoms with Crippen LogP contribution in [0, 0.1) is 5.41 Å². The number of carbonyl (C=O) groups is 1. The molecule has 2 aromatic heterocycles. The van der Waals surface area contributed by atoms with E-state index in [9.17, 15) is 14.4 Å². The van der Waals surface area contributed by atoms with Crippen molar-refractivity contribution >= 4 is 22.9 Å². The highest BCUT2D eigenvalue weighted by molar-refractivity contribution is 5.88. The van der Waals surface area contributed by atoms with Gasteiger partial charge in [-0.1, -0.05) is 20.8 Å². The van der Waals surface area contributed by atoms with Crippen LogP contribution in [0.4, 0.5) is 5.95 Å². The molecule has 1 aliphatic heterocycles. The van der Waals surface area contributed by atoms with Crippen molar-refractivity contribution in [1.82, 2.24) is 18.7 Å². The Morgan fingerprint density at radius 2 is 1.79 bits per heavy atom. The third-order valence-corrected chi connectivity index (χ3v) is 4.59. The van der Waals surface area contributed by atoms with Crippen LogP contribution in [-0.4, -0.2) is 37.6 Å². The van der Waals surface area contributed by atoms with Crippen molar-refractivity contribution in [2.45, 2.75) is 33.7 Å². The van der Waals surface area contributed by atoms with Gasteiger partial charge in [-0.25, -0.2) is 4.79 Å². The Morgan fingerprint density at radius 1 is 1.12 bits per heavy atom. The number of carbonyl (C=O) groups excluding carboxylic acids is 1. The van der Waals surface area contributed by atoms with E-state index in [4.69, 9.17) is 0 Å². The first kappa shape index (κ1) is 16.5. The lowest BCUT2D eigenvalue weighted by molar-refractivity contribution is -0.124. The Hall–Kier alpha value is -2.38. The van der Waals surface area contributed by atoms with Crippen LogP contribution in [0.3, 0.4) is 0 Å². The molecule has 24 heavy (non-hydrogen) atoms. The van der Waals surface area contributed by atoms with E-state index in [2.05, 4.69) is 4.98 Å². The number of fused-ring (bicyclic) bond motifs is 3. The van der Waals surface area contributed by atoms with Crippen molar-refractivity contribution in [3.8, 4) is 0 Å². The summed E-state index contributed by atoms with van der Waals surface area (Å²) < 4.78 is 4.30. The van der Waals surface area contributed by atoms with Crippen molar-refractivity contribution in [2.75, 3.05) is 18.0 Å². The fraction of sp³-hybridized carbons (Fsp3) is 0.625. The lowest BCUT2D eigenvalue weighted by Gasteiger charge is -2.30. The quantitative estimate of drug-likeness (QED) is 0.787. The Labute approximate surface area is 139 Å². The number of Topliss-reactive ketones (excluding diaryl/α,β-unsaturated/α-hetero) is 1. The first-order valence-electron chi connectivity index (χ1n) is 8.07. The summed E-state index contributed by atoms with van der Waals surface area (Å²) in [6.45, 7) is 7.28. The van der Waals surface area contributed by atoms with E-state index in [0.29, 0.717) is 30.2 Å². The van der Waals surface area contributed by atoms with Crippen LogP contribution in [0.2, 0.25) is 0 Å². The average molecular weight is 333 g/mol. The highest BCUT2D eigenvalue weighted by atomic mass is 16.2. The van der Waals surface area contributed by atoms with E-state index in [0.717, 1.165) is 11.0 Å². The number of aryl methyl sites for hydroxylation is 2. The Kier molecular flexibility index (Phi) is 3.65. The van der Waals surface area contributed by atoms with E-state index >= 15 is 0 Å². The van der Waals surface area contributed by atoms with Crippen LogP contribution < -0.4 is 16.1 Å². The third kappa shape index (κ3) is 2.37. The van der Waals surface area contributed by atoms with E-state index in [1.54, 1.807) is 7.05 Å². The number of hydrogen-bond acceptors (Lipinski definition) is 5. The van der Waals surface area contributed by atoms with Crippen molar-refractivity contribution in [3.63, 3.8) is 0 Å². The van der Waals surface area contributed by atoms with Crippen molar-refractivity contribution < 1.29 is 4.79 Å². The molecule has 8 nitrogen and oxygen atoms in total. The largest absolute Gasteiger partial charge is 0.335 e. The number of ketones is 1. The number of nitrogens with zero attached hydrogens (tertiary/aromatic N) is 5. The molecule has 3 rings (SSSR count). The fourth-order valence-corrected chi connectivity index (χ4v) is 2.97. The Morgan fingerprint density at radius 3 is 2.42 bits per heavy atom. The van der Waals surface area contributed by atoms with Gasteiger partial charge in [-0.2, -0.15) is 4.98 Å². The van der Waals surface area contributed by atoms with Gasteiger partial charge in [0.2, 0.25) is 5.95 Å². The summed E-state index contributed by atoms with van der Waals surface area (Å²) in [5, 5.41) is 0. The van der Waals surface area contributed by atoms with Gasteiger partial charge in [-0.05, 0) is 6.42 Å². The zero-order chi connectivity index (χ0) is 17.8. The summed E-state index contributed by atoms with van der Waals surface area (Å²) in [7, 11) is 3.07. The average Bonchev–Trinajstić information content (AvgIpc) is 2.90. The second kappa shape index (κ2) is 5.32. The minimum Gasteiger partial charge on any atom is -0.335 e. The van der Waals surface area contributed by atoms with Gasteiger partial charge in [0.1, 0.15) is 0 Å². The Bertz CT molecular complexity index is 942. The first-order valence-corrected chi connectivity index (χ1v) is 8.07. The Balaban J connectivity index is 2.18. The number of hydrogen-bond donors (Lipinski definition) is 0. The van der Waals surface area contributed by atoms with Gasteiger partial charge in [0.25, 0.3) is 5.56 Å². The molecule has 0 fully saturated rings. The van der Waals surface area contributed by atoms with Crippen LogP contribution in [0.25, 0.3) is 11.2 Å². The summed E-state index contributed by atoms with van der Waals surface area (Å²) in [6.07, 6.45) is 0.821. The van der Waals surface area contributed by atoms with Crippen LogP contribution in [0.15, 0.2) is 9.59 Å². The first-order chi connectivity index (χ1) is 11.1. The van der Waals surface area contributed by atoms with E-state index in [1.807, 2.05) is 30.2 Å². The van der Waals surface area contributed by atoms with Gasteiger partial charge in [-0.3, -0.25) is 18.7 Å². The molecular weight excluding hydrogens is 310 g/mol. The van der Waals surface area contributed by atoms with E-state index in [1.165, 1.54) is 11.6 Å². The summed E-state index contributed by atoms with van der Waals surface area (Å²) >= 11 is 0. The second-order valence-electron chi connectivity index (χ2n) is 7.39. The summed E-state index contributed by atoms with van der Waals surface area (Å²) in [6, 6.07) is 0. The maximum absolute atomic E-state index is 12.5.